The summed E-state index contributed by atoms with van der Waals surface area (Å²) in [5.41, 5.74) is 0. The smallest absolute Gasteiger partial charge is 0.265 e. The van der Waals surface area contributed by atoms with Crippen LogP contribution in [0.3, 0.4) is 0 Å². The highest BCUT2D eigenvalue weighted by molar-refractivity contribution is 7.91. The quantitative estimate of drug-likeness (QED) is 0.868. The van der Waals surface area contributed by atoms with Crippen LogP contribution in [0.25, 0.3) is 0 Å². The number of hydrogen-bond acceptors (Lipinski definition) is 7. The second-order valence-electron chi connectivity index (χ2n) is 5.13. The van der Waals surface area contributed by atoms with E-state index in [1.807, 2.05) is 6.92 Å². The van der Waals surface area contributed by atoms with Crippen LogP contribution in [0.5, 0.6) is 5.88 Å². The van der Waals surface area contributed by atoms with Crippen LogP contribution in [0.4, 0.5) is 0 Å². The third-order valence-corrected chi connectivity index (χ3v) is 6.23. The lowest BCUT2D eigenvalue weighted by Gasteiger charge is -2.16. The first-order valence-corrected chi connectivity index (χ1v) is 8.95. The number of nitrogens with one attached hydrogen (secondary N) is 1. The maximum absolute atomic E-state index is 12.1. The van der Waals surface area contributed by atoms with Crippen LogP contribution in [0, 0.1) is 5.92 Å². The Bertz CT molecular complexity index is 537. The number of ether oxygens (including phenoxy) is 1. The zero-order valence-electron chi connectivity index (χ0n) is 10.7. The van der Waals surface area contributed by atoms with Gasteiger partial charge in [-0.3, -0.25) is 0 Å². The highest BCUT2D eigenvalue weighted by Crippen LogP contribution is 2.35. The summed E-state index contributed by atoms with van der Waals surface area (Å²) in [6.45, 7) is 2.78. The van der Waals surface area contributed by atoms with Crippen molar-refractivity contribution in [1.29, 1.82) is 0 Å². The van der Waals surface area contributed by atoms with Crippen LogP contribution in [-0.4, -0.2) is 41.6 Å². The van der Waals surface area contributed by atoms with Crippen LogP contribution >= 0.6 is 11.7 Å². The van der Waals surface area contributed by atoms with Gasteiger partial charge in [0.15, 0.2) is 0 Å². The molecule has 3 unspecified atom stereocenters. The van der Waals surface area contributed by atoms with Gasteiger partial charge >= 0.3 is 0 Å². The largest absolute Gasteiger partial charge is 0.470 e. The van der Waals surface area contributed by atoms with Gasteiger partial charge in [-0.2, -0.15) is 4.37 Å². The normalized spacial score (nSPS) is 29.8. The van der Waals surface area contributed by atoms with Crippen molar-refractivity contribution in [3.8, 4) is 5.88 Å². The predicted molar refractivity (Wildman–Crippen MR) is 71.2 cm³/mol. The van der Waals surface area contributed by atoms with Crippen LogP contribution in [0.2, 0.25) is 0 Å². The fourth-order valence-electron chi connectivity index (χ4n) is 2.90. The zero-order chi connectivity index (χ0) is 13.5. The average Bonchev–Trinajstić information content (AvgIpc) is 3.07. The van der Waals surface area contributed by atoms with Gasteiger partial charge in [-0.1, -0.05) is 6.92 Å². The highest BCUT2D eigenvalue weighted by atomic mass is 32.2. The summed E-state index contributed by atoms with van der Waals surface area (Å²) >= 11 is 0.901. The second-order valence-corrected chi connectivity index (χ2v) is 7.68. The van der Waals surface area contributed by atoms with Crippen LogP contribution in [0.1, 0.15) is 26.2 Å². The van der Waals surface area contributed by atoms with E-state index in [0.29, 0.717) is 18.4 Å². The molecule has 2 heterocycles. The molecule has 0 spiro atoms. The second kappa shape index (κ2) is 4.99. The molecule has 19 heavy (non-hydrogen) atoms. The van der Waals surface area contributed by atoms with Crippen molar-refractivity contribution >= 4 is 21.6 Å². The summed E-state index contributed by atoms with van der Waals surface area (Å²) in [4.78, 5) is 0. The standard InChI is InChI=1S/C11H17N3O3S2/c1-2-5-19(15,16)11-10(13-18-14-11)17-9-7-3-4-8(9)12-6-7/h7-9,12H,2-6H2,1H3. The lowest BCUT2D eigenvalue weighted by molar-refractivity contribution is 0.165. The molecular formula is C11H17N3O3S2. The van der Waals surface area contributed by atoms with Crippen molar-refractivity contribution in [3.05, 3.63) is 0 Å². The van der Waals surface area contributed by atoms with Crippen LogP contribution in [-0.2, 0) is 9.84 Å². The van der Waals surface area contributed by atoms with E-state index < -0.39 is 9.84 Å². The van der Waals surface area contributed by atoms with Gasteiger partial charge in [-0.25, -0.2) is 8.42 Å². The summed E-state index contributed by atoms with van der Waals surface area (Å²) < 4.78 is 38.0. The molecule has 8 heteroatoms. The summed E-state index contributed by atoms with van der Waals surface area (Å²) in [5.74, 6) is 0.752. The molecule has 3 atom stereocenters. The highest BCUT2D eigenvalue weighted by Gasteiger charge is 2.44. The van der Waals surface area contributed by atoms with E-state index in [0.717, 1.165) is 31.1 Å². The summed E-state index contributed by atoms with van der Waals surface area (Å²) in [6.07, 6.45) is 2.83. The van der Waals surface area contributed by atoms with Crippen molar-refractivity contribution in [3.63, 3.8) is 0 Å². The first-order valence-electron chi connectivity index (χ1n) is 6.57. The molecule has 2 bridgehead atoms. The lowest BCUT2D eigenvalue weighted by atomic mass is 10.1. The minimum Gasteiger partial charge on any atom is -0.470 e. The van der Waals surface area contributed by atoms with Crippen molar-refractivity contribution in [2.75, 3.05) is 12.3 Å². The van der Waals surface area contributed by atoms with Gasteiger partial charge in [0.05, 0.1) is 17.5 Å². The van der Waals surface area contributed by atoms with Gasteiger partial charge in [-0.05, 0) is 19.3 Å². The van der Waals surface area contributed by atoms with E-state index in [1.165, 1.54) is 0 Å². The van der Waals surface area contributed by atoms with Crippen molar-refractivity contribution < 1.29 is 13.2 Å². The van der Waals surface area contributed by atoms with E-state index in [4.69, 9.17) is 4.74 Å². The van der Waals surface area contributed by atoms with Crippen molar-refractivity contribution in [2.24, 2.45) is 5.92 Å². The van der Waals surface area contributed by atoms with Crippen molar-refractivity contribution in [1.82, 2.24) is 14.1 Å². The fraction of sp³-hybridized carbons (Fsp3) is 0.818. The first-order chi connectivity index (χ1) is 9.12. The summed E-state index contributed by atoms with van der Waals surface area (Å²) in [7, 11) is -3.36. The van der Waals surface area contributed by atoms with E-state index in [9.17, 15) is 8.42 Å². The molecule has 1 aromatic rings. The maximum Gasteiger partial charge on any atom is 0.265 e. The molecule has 0 aromatic carbocycles. The van der Waals surface area contributed by atoms with E-state index in [2.05, 4.69) is 14.1 Å². The Balaban J connectivity index is 1.81. The molecule has 0 radical (unpaired) electrons. The Hall–Kier alpha value is -0.730. The van der Waals surface area contributed by atoms with Crippen molar-refractivity contribution in [2.45, 2.75) is 43.4 Å². The monoisotopic (exact) mass is 303 g/mol. The maximum atomic E-state index is 12.1. The molecule has 3 rings (SSSR count). The van der Waals surface area contributed by atoms with Gasteiger partial charge in [0.2, 0.25) is 14.9 Å². The molecule has 6 nitrogen and oxygen atoms in total. The topological polar surface area (TPSA) is 81.2 Å². The summed E-state index contributed by atoms with van der Waals surface area (Å²) in [5, 5.41) is 3.40. The zero-order valence-corrected chi connectivity index (χ0v) is 12.3. The molecule has 2 fully saturated rings. The third kappa shape index (κ3) is 2.36. The van der Waals surface area contributed by atoms with Crippen LogP contribution in [0.15, 0.2) is 5.03 Å². The number of sulfone groups is 1. The van der Waals surface area contributed by atoms with Gasteiger partial charge in [0.1, 0.15) is 6.10 Å². The SMILES string of the molecule is CCCS(=O)(=O)c1nsnc1OC1C2CCC1NC2. The number of aromatic nitrogens is 2. The van der Waals surface area contributed by atoms with Gasteiger partial charge in [0.25, 0.3) is 5.88 Å². The van der Waals surface area contributed by atoms with E-state index in [1.54, 1.807) is 0 Å². The number of rotatable bonds is 5. The minimum absolute atomic E-state index is 0.0191. The molecule has 1 saturated heterocycles. The number of fused-ring (bicyclic) bond motifs is 2. The van der Waals surface area contributed by atoms with Crippen LogP contribution < -0.4 is 10.1 Å². The number of hydrogen-bond donors (Lipinski definition) is 1. The van der Waals surface area contributed by atoms with Gasteiger partial charge in [-0.15, -0.1) is 4.37 Å². The molecule has 1 saturated carbocycles. The molecule has 1 aliphatic heterocycles. The lowest BCUT2D eigenvalue weighted by Crippen LogP contribution is -2.31. The van der Waals surface area contributed by atoms with E-state index in [-0.39, 0.29) is 22.8 Å². The molecule has 0 amide bonds. The molecule has 1 aliphatic carbocycles. The first kappa shape index (κ1) is 13.3. The molecule has 1 N–H and O–H groups in total. The number of nitrogens with zero attached hydrogens (tertiary/aromatic N) is 2. The Morgan fingerprint density at radius 1 is 1.42 bits per heavy atom. The molecular weight excluding hydrogens is 286 g/mol. The fourth-order valence-corrected chi connectivity index (χ4v) is 5.00. The van der Waals surface area contributed by atoms with E-state index >= 15 is 0 Å². The molecule has 2 aliphatic rings. The molecule has 1 aromatic heterocycles. The Kier molecular flexibility index (Phi) is 3.48. The minimum atomic E-state index is -3.36. The third-order valence-electron chi connectivity index (χ3n) is 3.80. The van der Waals surface area contributed by atoms with Gasteiger partial charge in [0, 0.05) is 18.5 Å². The Morgan fingerprint density at radius 3 is 2.84 bits per heavy atom. The number of piperidine rings is 1. The summed E-state index contributed by atoms with van der Waals surface area (Å²) in [6, 6.07) is 0.327. The average molecular weight is 303 g/mol. The molecule has 106 valence electrons. The predicted octanol–water partition coefficient (Wildman–Crippen LogP) is 0.851. The Morgan fingerprint density at radius 2 is 2.26 bits per heavy atom. The Labute approximate surface area is 116 Å². The van der Waals surface area contributed by atoms with Gasteiger partial charge < -0.3 is 10.1 Å².